The number of piperidine rings is 2. The maximum Gasteiger partial charge on any atom is 0.296 e. The van der Waals surface area contributed by atoms with E-state index in [1.807, 2.05) is 4.90 Å². The van der Waals surface area contributed by atoms with Crippen LogP contribution in [0.4, 0.5) is 20.5 Å². The molecule has 3 fully saturated rings. The molecule has 13 heteroatoms. The van der Waals surface area contributed by atoms with Gasteiger partial charge < -0.3 is 29.9 Å². The summed E-state index contributed by atoms with van der Waals surface area (Å²) in [5.41, 5.74) is 0.156. The normalized spacial score (nSPS) is 20.5. The largest absolute Gasteiger partial charge is 0.388 e. The van der Waals surface area contributed by atoms with Crippen molar-refractivity contribution in [1.82, 2.24) is 29.3 Å². The lowest BCUT2D eigenvalue weighted by Crippen LogP contribution is -2.54. The van der Waals surface area contributed by atoms with E-state index in [2.05, 4.69) is 25.2 Å². The van der Waals surface area contributed by atoms with Crippen molar-refractivity contribution in [1.29, 1.82) is 0 Å². The number of anilines is 2. The highest BCUT2D eigenvalue weighted by Gasteiger charge is 2.37. The summed E-state index contributed by atoms with van der Waals surface area (Å²) in [5, 5.41) is 14.4. The third kappa shape index (κ3) is 6.58. The Bertz CT molecular complexity index is 1420. The molecule has 3 aliphatic rings. The number of amides is 1. The number of alkyl halides is 2. The highest BCUT2D eigenvalue weighted by molar-refractivity contribution is 5.84. The van der Waals surface area contributed by atoms with Crippen LogP contribution in [-0.4, -0.2) is 111 Å². The number of ether oxygens (including phenoxy) is 1. The zero-order chi connectivity index (χ0) is 30.0. The summed E-state index contributed by atoms with van der Waals surface area (Å²) >= 11 is 0. The van der Waals surface area contributed by atoms with E-state index < -0.39 is 23.9 Å². The number of benzene rings is 1. The summed E-state index contributed by atoms with van der Waals surface area (Å²) in [6, 6.07) is 7.95. The quantitative estimate of drug-likeness (QED) is 0.404. The van der Waals surface area contributed by atoms with Crippen molar-refractivity contribution < 1.29 is 23.4 Å². The van der Waals surface area contributed by atoms with Crippen molar-refractivity contribution in [3.8, 4) is 5.82 Å². The Balaban J connectivity index is 1.22. The van der Waals surface area contributed by atoms with Gasteiger partial charge in [-0.3, -0.25) is 9.36 Å². The number of fused-ring (bicyclic) bond motifs is 1. The molecule has 2 N–H and O–H groups in total. The molecular weight excluding hydrogens is 558 g/mol. The van der Waals surface area contributed by atoms with Crippen molar-refractivity contribution in [2.75, 3.05) is 69.2 Å². The number of hydrogen-bond acceptors (Lipinski definition) is 9. The number of likely N-dealkylation sites (tertiary alicyclic amines) is 2. The number of imidazole rings is 1. The zero-order valence-corrected chi connectivity index (χ0v) is 24.6. The molecule has 0 aliphatic carbocycles. The van der Waals surface area contributed by atoms with Gasteiger partial charge in [-0.15, -0.1) is 0 Å². The van der Waals surface area contributed by atoms with Gasteiger partial charge >= 0.3 is 0 Å². The molecule has 43 heavy (non-hydrogen) atoms. The molecule has 1 aromatic carbocycles. The minimum Gasteiger partial charge on any atom is -0.388 e. The summed E-state index contributed by atoms with van der Waals surface area (Å²) in [6.45, 7) is 7.59. The van der Waals surface area contributed by atoms with E-state index in [4.69, 9.17) is 4.74 Å². The Kier molecular flexibility index (Phi) is 8.73. The number of rotatable bonds is 8. The molecule has 11 nitrogen and oxygen atoms in total. The maximum absolute atomic E-state index is 14.2. The van der Waals surface area contributed by atoms with Crippen LogP contribution in [-0.2, 0) is 9.53 Å². The minimum atomic E-state index is -2.82. The van der Waals surface area contributed by atoms with Crippen LogP contribution < -0.4 is 10.2 Å². The average molecular weight is 599 g/mol. The second-order valence-electron chi connectivity index (χ2n) is 11.9. The van der Waals surface area contributed by atoms with Gasteiger partial charge in [-0.2, -0.15) is 9.97 Å². The third-order valence-electron chi connectivity index (χ3n) is 8.73. The number of nitrogens with zero attached hydrogens (tertiary/aromatic N) is 7. The van der Waals surface area contributed by atoms with Crippen molar-refractivity contribution in [2.45, 2.75) is 57.1 Å². The monoisotopic (exact) mass is 598 g/mol. The molecule has 3 aromatic rings. The number of hydrogen-bond donors (Lipinski definition) is 2. The Hall–Kier alpha value is -3.42. The Morgan fingerprint density at radius 2 is 1.70 bits per heavy atom. The summed E-state index contributed by atoms with van der Waals surface area (Å²) in [4.78, 5) is 33.1. The molecule has 0 saturated carbocycles. The van der Waals surface area contributed by atoms with Gasteiger partial charge in [0.25, 0.3) is 6.43 Å². The first kappa shape index (κ1) is 29.6. The molecular formula is C30H40F2N8O3. The number of morpholine rings is 1. The van der Waals surface area contributed by atoms with Crippen LogP contribution in [0.3, 0.4) is 0 Å². The van der Waals surface area contributed by atoms with Gasteiger partial charge in [-0.25, -0.2) is 13.8 Å². The highest BCUT2D eigenvalue weighted by Crippen LogP contribution is 2.30. The first-order valence-corrected chi connectivity index (χ1v) is 15.3. The number of para-hydroxylation sites is 2. The fourth-order valence-electron chi connectivity index (χ4n) is 6.35. The summed E-state index contributed by atoms with van der Waals surface area (Å²) in [5.74, 6) is 0.422. The van der Waals surface area contributed by atoms with Crippen LogP contribution in [0.5, 0.6) is 0 Å². The summed E-state index contributed by atoms with van der Waals surface area (Å²) in [6.07, 6.45) is 1.81. The minimum absolute atomic E-state index is 0.122. The SMILES string of the molecule is C[C@H](Nc1nc(N2CCOCC2)cc(-n2c(C(F)F)nc3ccccc32)n1)C(=O)N1CCC(O)(CN2CCCCC2)CC1. The standard InChI is InChI=1S/C30H40F2N8O3/c1-21(28(41)39-13-9-30(42,10-14-39)20-37-11-5-2-6-12-37)33-29-35-24(38-15-17-43-18-16-38)19-25(36-29)40-23-8-4-3-7-22(23)34-27(40)26(31)32/h3-4,7-8,19,21,26,42H,2,5-6,9-18,20H2,1H3,(H,33,35,36)/t21-/m0/s1. The zero-order valence-electron chi connectivity index (χ0n) is 24.6. The summed E-state index contributed by atoms with van der Waals surface area (Å²) in [7, 11) is 0. The molecule has 0 spiro atoms. The van der Waals surface area contributed by atoms with Gasteiger partial charge in [0, 0.05) is 38.8 Å². The van der Waals surface area contributed by atoms with Gasteiger partial charge in [0.2, 0.25) is 11.9 Å². The lowest BCUT2D eigenvalue weighted by atomic mass is 9.90. The summed E-state index contributed by atoms with van der Waals surface area (Å²) < 4.78 is 35.2. The van der Waals surface area contributed by atoms with Crippen LogP contribution in [0.15, 0.2) is 30.3 Å². The molecule has 3 aliphatic heterocycles. The Labute approximate surface area is 249 Å². The average Bonchev–Trinajstić information content (AvgIpc) is 3.42. The van der Waals surface area contributed by atoms with E-state index in [1.165, 1.54) is 23.8 Å². The Morgan fingerprint density at radius 3 is 2.42 bits per heavy atom. The highest BCUT2D eigenvalue weighted by atomic mass is 19.3. The molecule has 232 valence electrons. The van der Waals surface area contributed by atoms with E-state index in [1.54, 1.807) is 42.2 Å². The van der Waals surface area contributed by atoms with E-state index in [0.717, 1.165) is 13.1 Å². The molecule has 3 saturated heterocycles. The van der Waals surface area contributed by atoms with E-state index in [-0.39, 0.29) is 17.7 Å². The first-order valence-electron chi connectivity index (χ1n) is 15.3. The number of nitrogens with one attached hydrogen (secondary N) is 1. The molecule has 0 unspecified atom stereocenters. The van der Waals surface area contributed by atoms with Crippen LogP contribution >= 0.6 is 0 Å². The number of aliphatic hydroxyl groups is 1. The first-order chi connectivity index (χ1) is 20.8. The topological polar surface area (TPSA) is 112 Å². The Morgan fingerprint density at radius 1 is 1.00 bits per heavy atom. The smallest absolute Gasteiger partial charge is 0.296 e. The van der Waals surface area contributed by atoms with Gasteiger partial charge in [-0.05, 0) is 57.8 Å². The van der Waals surface area contributed by atoms with Crippen molar-refractivity contribution in [3.05, 3.63) is 36.2 Å². The molecule has 6 rings (SSSR count). The fraction of sp³-hybridized carbons (Fsp3) is 0.600. The van der Waals surface area contributed by atoms with E-state index in [0.29, 0.717) is 75.6 Å². The predicted octanol–water partition coefficient (Wildman–Crippen LogP) is 3.23. The molecule has 1 amide bonds. The number of halogens is 2. The predicted molar refractivity (Wildman–Crippen MR) is 159 cm³/mol. The number of aromatic nitrogens is 4. The van der Waals surface area contributed by atoms with Crippen LogP contribution in [0.1, 0.15) is 51.3 Å². The van der Waals surface area contributed by atoms with Crippen LogP contribution in [0, 0.1) is 0 Å². The van der Waals surface area contributed by atoms with E-state index >= 15 is 0 Å². The number of β-amino-alcohol motifs (C(OH)–C–C–N with tert-alkyl or cyclic N) is 1. The number of carbonyl (C=O) groups is 1. The fourth-order valence-corrected chi connectivity index (χ4v) is 6.35. The maximum atomic E-state index is 14.2. The third-order valence-corrected chi connectivity index (χ3v) is 8.73. The van der Waals surface area contributed by atoms with E-state index in [9.17, 15) is 18.7 Å². The lowest BCUT2D eigenvalue weighted by Gasteiger charge is -2.42. The van der Waals surface area contributed by atoms with Gasteiger partial charge in [0.15, 0.2) is 5.82 Å². The van der Waals surface area contributed by atoms with Crippen molar-refractivity contribution in [2.24, 2.45) is 0 Å². The van der Waals surface area contributed by atoms with Gasteiger partial charge in [0.1, 0.15) is 17.7 Å². The van der Waals surface area contributed by atoms with Gasteiger partial charge in [-0.1, -0.05) is 18.6 Å². The van der Waals surface area contributed by atoms with Gasteiger partial charge in [0.05, 0.1) is 29.8 Å². The van der Waals surface area contributed by atoms with Crippen molar-refractivity contribution in [3.63, 3.8) is 0 Å². The molecule has 2 aromatic heterocycles. The molecule has 1 atom stereocenters. The molecule has 0 bridgehead atoms. The lowest BCUT2D eigenvalue weighted by molar-refractivity contribution is -0.136. The second kappa shape index (κ2) is 12.7. The number of carbonyl (C=O) groups excluding carboxylic acids is 1. The molecule has 0 radical (unpaired) electrons. The molecule has 5 heterocycles. The van der Waals surface area contributed by atoms with Crippen molar-refractivity contribution >= 4 is 28.7 Å². The van der Waals surface area contributed by atoms with Crippen LogP contribution in [0.2, 0.25) is 0 Å². The van der Waals surface area contributed by atoms with Crippen LogP contribution in [0.25, 0.3) is 16.9 Å². The second-order valence-corrected chi connectivity index (χ2v) is 11.9.